The molecule has 0 saturated carbocycles. The topological polar surface area (TPSA) is 12.0 Å². The average Bonchev–Trinajstić information content (AvgIpc) is 2.47. The summed E-state index contributed by atoms with van der Waals surface area (Å²) in [5.74, 6) is -0.532. The summed E-state index contributed by atoms with van der Waals surface area (Å²) in [7, 11) is 0. The van der Waals surface area contributed by atoms with Crippen LogP contribution in [0.25, 0.3) is 0 Å². The van der Waals surface area contributed by atoms with Crippen LogP contribution >= 0.6 is 11.6 Å². The molecule has 1 N–H and O–H groups in total. The Labute approximate surface area is 128 Å². The Bertz CT molecular complexity index is 601. The molecule has 112 valence electrons. The molecule has 2 aromatic rings. The molecule has 0 aliphatic rings. The molecule has 2 aromatic carbocycles. The molecule has 0 spiro atoms. The zero-order valence-corrected chi connectivity index (χ0v) is 12.6. The van der Waals surface area contributed by atoms with Crippen LogP contribution in [-0.2, 0) is 6.42 Å². The molecular formula is C17H18ClF2N. The summed E-state index contributed by atoms with van der Waals surface area (Å²) in [4.78, 5) is 0. The lowest BCUT2D eigenvalue weighted by Gasteiger charge is -2.19. The first-order valence-corrected chi connectivity index (χ1v) is 7.38. The molecule has 1 unspecified atom stereocenters. The standard InChI is InChI=1S/C17H18ClF2N/c1-2-21-11-14(12-4-3-5-15(19)9-12)8-13-10-16(20)6-7-17(13)18/h3-7,9-10,14,21H,2,8,11H2,1H3. The fraction of sp³-hybridized carbons (Fsp3) is 0.294. The summed E-state index contributed by atoms with van der Waals surface area (Å²) in [5, 5.41) is 3.80. The van der Waals surface area contributed by atoms with Crippen molar-refractivity contribution in [2.75, 3.05) is 13.1 Å². The maximum Gasteiger partial charge on any atom is 0.123 e. The highest BCUT2D eigenvalue weighted by Gasteiger charge is 2.15. The molecular weight excluding hydrogens is 292 g/mol. The summed E-state index contributed by atoms with van der Waals surface area (Å²) in [6, 6.07) is 10.9. The van der Waals surface area contributed by atoms with Crippen molar-refractivity contribution in [2.45, 2.75) is 19.3 Å². The molecule has 0 fully saturated rings. The van der Waals surface area contributed by atoms with Gasteiger partial charge in [-0.15, -0.1) is 0 Å². The van der Waals surface area contributed by atoms with E-state index >= 15 is 0 Å². The van der Waals surface area contributed by atoms with Crippen LogP contribution in [0.3, 0.4) is 0 Å². The lowest BCUT2D eigenvalue weighted by molar-refractivity contribution is 0.578. The first kappa shape index (κ1) is 15.9. The minimum Gasteiger partial charge on any atom is -0.316 e. The van der Waals surface area contributed by atoms with Gasteiger partial charge >= 0.3 is 0 Å². The van der Waals surface area contributed by atoms with Gasteiger partial charge in [0.05, 0.1) is 0 Å². The van der Waals surface area contributed by atoms with Crippen LogP contribution in [0.2, 0.25) is 5.02 Å². The Balaban J connectivity index is 2.25. The molecule has 4 heteroatoms. The van der Waals surface area contributed by atoms with Crippen LogP contribution in [0.15, 0.2) is 42.5 Å². The highest BCUT2D eigenvalue weighted by molar-refractivity contribution is 6.31. The minimum atomic E-state index is -0.309. The molecule has 2 rings (SSSR count). The van der Waals surface area contributed by atoms with E-state index < -0.39 is 0 Å². The molecule has 0 bridgehead atoms. The molecule has 0 saturated heterocycles. The average molecular weight is 310 g/mol. The van der Waals surface area contributed by atoms with Gasteiger partial charge in [0.2, 0.25) is 0 Å². The van der Waals surface area contributed by atoms with Crippen molar-refractivity contribution in [1.29, 1.82) is 0 Å². The van der Waals surface area contributed by atoms with Gasteiger partial charge in [0.1, 0.15) is 11.6 Å². The van der Waals surface area contributed by atoms with Gasteiger partial charge in [-0.2, -0.15) is 0 Å². The Morgan fingerprint density at radius 3 is 2.57 bits per heavy atom. The summed E-state index contributed by atoms with van der Waals surface area (Å²) in [6.45, 7) is 3.52. The third-order valence-corrected chi connectivity index (χ3v) is 3.80. The van der Waals surface area contributed by atoms with Gasteiger partial charge in [-0.3, -0.25) is 0 Å². The minimum absolute atomic E-state index is 0.0416. The van der Waals surface area contributed by atoms with Crippen molar-refractivity contribution in [1.82, 2.24) is 5.32 Å². The van der Waals surface area contributed by atoms with E-state index in [0.29, 0.717) is 18.0 Å². The van der Waals surface area contributed by atoms with Gasteiger partial charge in [-0.05, 0) is 54.4 Å². The maximum atomic E-state index is 13.4. The second-order valence-electron chi connectivity index (χ2n) is 5.00. The second-order valence-corrected chi connectivity index (χ2v) is 5.41. The van der Waals surface area contributed by atoms with E-state index in [0.717, 1.165) is 17.7 Å². The van der Waals surface area contributed by atoms with Gasteiger partial charge in [0, 0.05) is 17.5 Å². The van der Waals surface area contributed by atoms with Crippen LogP contribution < -0.4 is 5.32 Å². The van der Waals surface area contributed by atoms with Crippen LogP contribution in [0.5, 0.6) is 0 Å². The fourth-order valence-corrected chi connectivity index (χ4v) is 2.55. The lowest BCUT2D eigenvalue weighted by atomic mass is 9.91. The van der Waals surface area contributed by atoms with Gasteiger partial charge in [-0.1, -0.05) is 30.7 Å². The highest BCUT2D eigenvalue weighted by atomic mass is 35.5. The Morgan fingerprint density at radius 1 is 1.10 bits per heavy atom. The predicted octanol–water partition coefficient (Wildman–Crippen LogP) is 4.55. The molecule has 0 aliphatic carbocycles. The van der Waals surface area contributed by atoms with Crippen LogP contribution in [0.4, 0.5) is 8.78 Å². The number of nitrogens with one attached hydrogen (secondary N) is 1. The van der Waals surface area contributed by atoms with Crippen LogP contribution in [0, 0.1) is 11.6 Å². The van der Waals surface area contributed by atoms with E-state index in [9.17, 15) is 8.78 Å². The van der Waals surface area contributed by atoms with E-state index in [1.807, 2.05) is 13.0 Å². The number of halogens is 3. The smallest absolute Gasteiger partial charge is 0.123 e. The van der Waals surface area contributed by atoms with Crippen molar-refractivity contribution in [2.24, 2.45) is 0 Å². The van der Waals surface area contributed by atoms with Gasteiger partial charge in [-0.25, -0.2) is 8.78 Å². The molecule has 0 aliphatic heterocycles. The van der Waals surface area contributed by atoms with Crippen LogP contribution in [0.1, 0.15) is 24.0 Å². The van der Waals surface area contributed by atoms with Crippen molar-refractivity contribution in [3.63, 3.8) is 0 Å². The maximum absolute atomic E-state index is 13.4. The Morgan fingerprint density at radius 2 is 1.86 bits per heavy atom. The molecule has 0 heterocycles. The molecule has 1 atom stereocenters. The van der Waals surface area contributed by atoms with Crippen molar-refractivity contribution < 1.29 is 8.78 Å². The first-order valence-electron chi connectivity index (χ1n) is 7.00. The zero-order valence-electron chi connectivity index (χ0n) is 11.9. The Kier molecular flexibility index (Phi) is 5.71. The first-order chi connectivity index (χ1) is 10.1. The third kappa shape index (κ3) is 4.51. The SMILES string of the molecule is CCNCC(Cc1cc(F)ccc1Cl)c1cccc(F)c1. The number of rotatable bonds is 6. The predicted molar refractivity (Wildman–Crippen MR) is 82.8 cm³/mol. The van der Waals surface area contributed by atoms with Crippen molar-refractivity contribution >= 4 is 11.6 Å². The molecule has 0 radical (unpaired) electrons. The number of hydrogen-bond acceptors (Lipinski definition) is 1. The number of likely N-dealkylation sites (N-methyl/N-ethyl adjacent to an activating group) is 1. The largest absolute Gasteiger partial charge is 0.316 e. The van der Waals surface area contributed by atoms with Gasteiger partial charge in [0.25, 0.3) is 0 Å². The summed E-state index contributed by atoms with van der Waals surface area (Å²) >= 11 is 6.13. The summed E-state index contributed by atoms with van der Waals surface area (Å²) in [5.41, 5.74) is 1.63. The summed E-state index contributed by atoms with van der Waals surface area (Å²) < 4.78 is 26.8. The third-order valence-electron chi connectivity index (χ3n) is 3.43. The molecule has 1 nitrogen and oxygen atoms in total. The molecule has 21 heavy (non-hydrogen) atoms. The number of benzene rings is 2. The number of hydrogen-bond donors (Lipinski definition) is 1. The molecule has 0 aromatic heterocycles. The molecule has 0 amide bonds. The van der Waals surface area contributed by atoms with E-state index in [1.54, 1.807) is 12.1 Å². The van der Waals surface area contributed by atoms with E-state index in [1.165, 1.54) is 24.3 Å². The lowest BCUT2D eigenvalue weighted by Crippen LogP contribution is -2.23. The van der Waals surface area contributed by atoms with E-state index in [-0.39, 0.29) is 17.6 Å². The second kappa shape index (κ2) is 7.53. The quantitative estimate of drug-likeness (QED) is 0.825. The van der Waals surface area contributed by atoms with Crippen LogP contribution in [-0.4, -0.2) is 13.1 Å². The zero-order chi connectivity index (χ0) is 15.2. The van der Waals surface area contributed by atoms with Crippen molar-refractivity contribution in [3.8, 4) is 0 Å². The highest BCUT2D eigenvalue weighted by Crippen LogP contribution is 2.26. The van der Waals surface area contributed by atoms with E-state index in [4.69, 9.17) is 11.6 Å². The monoisotopic (exact) mass is 309 g/mol. The summed E-state index contributed by atoms with van der Waals surface area (Å²) in [6.07, 6.45) is 0.563. The normalized spacial score (nSPS) is 12.4. The Hall–Kier alpha value is -1.45. The van der Waals surface area contributed by atoms with E-state index in [2.05, 4.69) is 5.32 Å². The fourth-order valence-electron chi connectivity index (χ4n) is 2.35. The van der Waals surface area contributed by atoms with Gasteiger partial charge in [0.15, 0.2) is 0 Å². The van der Waals surface area contributed by atoms with Gasteiger partial charge < -0.3 is 5.32 Å². The van der Waals surface area contributed by atoms with Crippen molar-refractivity contribution in [3.05, 3.63) is 70.2 Å².